The Hall–Kier alpha value is -3.45. The van der Waals surface area contributed by atoms with Gasteiger partial charge in [-0.1, -0.05) is 18.6 Å². The molecule has 0 bridgehead atoms. The van der Waals surface area contributed by atoms with E-state index < -0.39 is 0 Å². The Morgan fingerprint density at radius 1 is 1.00 bits per heavy atom. The molecule has 1 saturated heterocycles. The van der Waals surface area contributed by atoms with Crippen LogP contribution in [0.15, 0.2) is 59.3 Å². The first kappa shape index (κ1) is 21.1. The number of imidazole rings is 1. The van der Waals surface area contributed by atoms with Crippen LogP contribution in [0.25, 0.3) is 22.6 Å². The summed E-state index contributed by atoms with van der Waals surface area (Å²) >= 11 is 0. The lowest BCUT2D eigenvalue weighted by atomic mass is 10.1. The lowest BCUT2D eigenvalue weighted by molar-refractivity contribution is 0.262. The van der Waals surface area contributed by atoms with Crippen molar-refractivity contribution in [1.29, 1.82) is 0 Å². The molecule has 0 atom stereocenters. The quantitative estimate of drug-likeness (QED) is 0.447. The fourth-order valence-electron chi connectivity index (χ4n) is 4.86. The topological polar surface area (TPSA) is 58.2 Å². The summed E-state index contributed by atoms with van der Waals surface area (Å²) in [6.45, 7) is 9.29. The highest BCUT2D eigenvalue weighted by Crippen LogP contribution is 2.24. The van der Waals surface area contributed by atoms with Crippen LogP contribution in [-0.2, 0) is 6.42 Å². The van der Waals surface area contributed by atoms with Crippen molar-refractivity contribution >= 4 is 17.0 Å². The van der Waals surface area contributed by atoms with Crippen LogP contribution < -0.4 is 10.5 Å². The van der Waals surface area contributed by atoms with Crippen molar-refractivity contribution < 1.29 is 0 Å². The van der Waals surface area contributed by atoms with Gasteiger partial charge in [0.05, 0.1) is 17.1 Å². The van der Waals surface area contributed by atoms with E-state index in [-0.39, 0.29) is 5.56 Å². The molecule has 1 fully saturated rings. The highest BCUT2D eigenvalue weighted by Gasteiger charge is 2.19. The van der Waals surface area contributed by atoms with E-state index in [0.717, 1.165) is 73.7 Å². The number of pyridine rings is 2. The molecule has 5 heterocycles. The van der Waals surface area contributed by atoms with Crippen molar-refractivity contribution in [2.45, 2.75) is 26.7 Å². The maximum Gasteiger partial charge on any atom is 0.258 e. The largest absolute Gasteiger partial charge is 0.368 e. The van der Waals surface area contributed by atoms with Gasteiger partial charge < -0.3 is 9.30 Å². The molecule has 7 nitrogen and oxygen atoms in total. The molecule has 0 N–H and O–H groups in total. The molecule has 0 amide bonds. The molecule has 173 valence electrons. The Bertz CT molecular complexity index is 1470. The van der Waals surface area contributed by atoms with E-state index >= 15 is 0 Å². The highest BCUT2D eigenvalue weighted by atomic mass is 16.1. The Morgan fingerprint density at radius 2 is 1.82 bits per heavy atom. The van der Waals surface area contributed by atoms with E-state index in [0.29, 0.717) is 11.3 Å². The molecular weight excluding hydrogens is 424 g/mol. The summed E-state index contributed by atoms with van der Waals surface area (Å²) in [6, 6.07) is 7.79. The van der Waals surface area contributed by atoms with E-state index in [9.17, 15) is 4.79 Å². The van der Waals surface area contributed by atoms with Crippen LogP contribution in [0.2, 0.25) is 0 Å². The highest BCUT2D eigenvalue weighted by molar-refractivity contribution is 5.66. The summed E-state index contributed by atoms with van der Waals surface area (Å²) in [7, 11) is 0. The van der Waals surface area contributed by atoms with E-state index in [4.69, 9.17) is 4.98 Å². The van der Waals surface area contributed by atoms with E-state index in [1.807, 2.05) is 36.0 Å². The lowest BCUT2D eigenvalue weighted by Gasteiger charge is -2.36. The van der Waals surface area contributed by atoms with Crippen molar-refractivity contribution in [2.24, 2.45) is 0 Å². The van der Waals surface area contributed by atoms with E-state index in [2.05, 4.69) is 46.3 Å². The number of piperazine rings is 1. The average Bonchev–Trinajstić information content (AvgIpc) is 3.61. The van der Waals surface area contributed by atoms with Crippen LogP contribution in [0.5, 0.6) is 0 Å². The van der Waals surface area contributed by atoms with Crippen LogP contribution in [0, 0.1) is 13.3 Å². The number of aryl methyl sites for hydroxylation is 2. The molecule has 0 saturated carbocycles. The van der Waals surface area contributed by atoms with Crippen LogP contribution in [0.4, 0.5) is 5.69 Å². The zero-order valence-electron chi connectivity index (χ0n) is 19.7. The van der Waals surface area contributed by atoms with Crippen LogP contribution in [-0.4, -0.2) is 56.4 Å². The lowest BCUT2D eigenvalue weighted by Crippen LogP contribution is -2.46. The normalized spacial score (nSPS) is 16.4. The van der Waals surface area contributed by atoms with Crippen LogP contribution >= 0.6 is 0 Å². The monoisotopic (exact) mass is 453 g/mol. The molecule has 7 heteroatoms. The smallest absolute Gasteiger partial charge is 0.258 e. The number of nitrogens with zero attached hydrogens (tertiary/aromatic N) is 6. The zero-order chi connectivity index (χ0) is 23.2. The maximum atomic E-state index is 13.1. The van der Waals surface area contributed by atoms with Crippen molar-refractivity contribution in [3.8, 4) is 11.3 Å². The minimum Gasteiger partial charge on any atom is -0.368 e. The van der Waals surface area contributed by atoms with Gasteiger partial charge in [-0.15, -0.1) is 0 Å². The molecular formula is C27H29N6O. The number of allylic oxidation sites excluding steroid dienone is 1. The predicted octanol–water partition coefficient (Wildman–Crippen LogP) is 3.54. The molecule has 6 rings (SSSR count). The number of anilines is 1. The van der Waals surface area contributed by atoms with E-state index in [1.165, 1.54) is 5.57 Å². The second-order valence-corrected chi connectivity index (χ2v) is 9.30. The van der Waals surface area contributed by atoms with Crippen LogP contribution in [0.3, 0.4) is 0 Å². The van der Waals surface area contributed by atoms with Crippen molar-refractivity contribution in [3.63, 3.8) is 0 Å². The summed E-state index contributed by atoms with van der Waals surface area (Å²) in [5.41, 5.74) is 7.88. The molecule has 1 radical (unpaired) electrons. The third-order valence-corrected chi connectivity index (χ3v) is 6.93. The Kier molecular flexibility index (Phi) is 5.21. The molecule has 4 aromatic heterocycles. The van der Waals surface area contributed by atoms with Gasteiger partial charge in [-0.05, 0) is 43.5 Å². The molecule has 0 unspecified atom stereocenters. The standard InChI is InChI=1S/C27H29N6O/c1-3-21-14-22(17-32-16-19(2)28-27(21)32)24-15-26(34)33-18-23(6-7-25(33)29-24)31-12-10-30(11-13-31)9-8-20-4-5-20/h4-7,14-18H,3,8-13H2,1-2H3. The Morgan fingerprint density at radius 3 is 2.59 bits per heavy atom. The summed E-state index contributed by atoms with van der Waals surface area (Å²) in [5.74, 6) is 0. The van der Waals surface area contributed by atoms with Gasteiger partial charge in [-0.3, -0.25) is 14.1 Å². The minimum atomic E-state index is -0.0607. The first-order chi connectivity index (χ1) is 16.6. The summed E-state index contributed by atoms with van der Waals surface area (Å²) in [5, 5.41) is 0. The molecule has 34 heavy (non-hydrogen) atoms. The van der Waals surface area contributed by atoms with Gasteiger partial charge in [-0.25, -0.2) is 9.97 Å². The Labute approximate surface area is 199 Å². The van der Waals surface area contributed by atoms with Gasteiger partial charge in [0.15, 0.2) is 0 Å². The average molecular weight is 454 g/mol. The molecule has 0 spiro atoms. The third-order valence-electron chi connectivity index (χ3n) is 6.93. The summed E-state index contributed by atoms with van der Waals surface area (Å²) < 4.78 is 3.71. The minimum absolute atomic E-state index is 0.0607. The number of rotatable bonds is 6. The van der Waals surface area contributed by atoms with Gasteiger partial charge in [0.25, 0.3) is 5.56 Å². The SMILES string of the molecule is CCc1cc(-c2cc(=O)n3cc(N4CCN(CCC5=C[CH]5)CC4)ccc3n2)cn2cc(C)nc12. The summed E-state index contributed by atoms with van der Waals surface area (Å²) in [4.78, 5) is 27.5. The number of aromatic nitrogens is 4. The third kappa shape index (κ3) is 4.01. The first-order valence-electron chi connectivity index (χ1n) is 12.1. The second-order valence-electron chi connectivity index (χ2n) is 9.30. The van der Waals surface area contributed by atoms with Crippen molar-refractivity contribution in [1.82, 2.24) is 23.7 Å². The van der Waals surface area contributed by atoms with Gasteiger partial charge in [-0.2, -0.15) is 0 Å². The van der Waals surface area contributed by atoms with Gasteiger partial charge in [0.1, 0.15) is 11.3 Å². The number of hydrogen-bond donors (Lipinski definition) is 0. The molecule has 1 aliphatic heterocycles. The zero-order valence-corrected chi connectivity index (χ0v) is 19.7. The van der Waals surface area contributed by atoms with Gasteiger partial charge in [0, 0.05) is 69.4 Å². The van der Waals surface area contributed by atoms with Crippen molar-refractivity contribution in [3.05, 3.63) is 82.5 Å². The summed E-state index contributed by atoms with van der Waals surface area (Å²) in [6.07, 6.45) is 12.4. The van der Waals surface area contributed by atoms with Crippen LogP contribution in [0.1, 0.15) is 24.6 Å². The van der Waals surface area contributed by atoms with E-state index in [1.54, 1.807) is 10.5 Å². The fraction of sp³-hybridized carbons (Fsp3) is 0.333. The molecule has 0 aromatic carbocycles. The predicted molar refractivity (Wildman–Crippen MR) is 135 cm³/mol. The molecule has 2 aliphatic rings. The molecule has 4 aromatic rings. The maximum absolute atomic E-state index is 13.1. The number of hydrogen-bond acceptors (Lipinski definition) is 5. The second kappa shape index (κ2) is 8.40. The fourth-order valence-corrected chi connectivity index (χ4v) is 4.86. The van der Waals surface area contributed by atoms with Gasteiger partial charge >= 0.3 is 0 Å². The van der Waals surface area contributed by atoms with Gasteiger partial charge in [0.2, 0.25) is 0 Å². The first-order valence-corrected chi connectivity index (χ1v) is 12.1. The number of fused-ring (bicyclic) bond motifs is 2. The van der Waals surface area contributed by atoms with Crippen molar-refractivity contribution in [2.75, 3.05) is 37.6 Å². The Balaban J connectivity index is 1.27. The molecule has 1 aliphatic carbocycles.